The van der Waals surface area contributed by atoms with Crippen molar-refractivity contribution >= 4 is 16.9 Å². The number of hydrogen-bond donors (Lipinski definition) is 1. The van der Waals surface area contributed by atoms with Crippen LogP contribution in [0, 0.1) is 0 Å². The monoisotopic (exact) mass is 404 g/mol. The fourth-order valence-corrected chi connectivity index (χ4v) is 3.94. The van der Waals surface area contributed by atoms with E-state index in [1.807, 2.05) is 0 Å². The first-order valence-electron chi connectivity index (χ1n) is 9.71. The third-order valence-corrected chi connectivity index (χ3v) is 5.66. The number of carbonyl (C=O) groups excluding carboxylic acids is 1. The number of carbonyl (C=O) groups is 1. The maximum Gasteiger partial charge on any atom is 0.433 e. The Hall–Kier alpha value is -2.84. The van der Waals surface area contributed by atoms with Crippen molar-refractivity contribution in [1.82, 2.24) is 20.0 Å². The first-order chi connectivity index (χ1) is 13.9. The van der Waals surface area contributed by atoms with Crippen molar-refractivity contribution in [2.24, 2.45) is 0 Å². The summed E-state index contributed by atoms with van der Waals surface area (Å²) in [5.41, 5.74) is 1.04. The van der Waals surface area contributed by atoms with Crippen LogP contribution in [-0.2, 0) is 6.18 Å². The predicted octanol–water partition coefficient (Wildman–Crippen LogP) is 4.47. The molecule has 9 heteroatoms. The Bertz CT molecular complexity index is 1070. The SMILES string of the molecule is O=C(c1cc(C2CC2)on1)N1CCC[C@H](c2cc3nc(C(F)(F)F)ccc3[nH]2)C1. The minimum atomic E-state index is -4.48. The maximum atomic E-state index is 12.9. The van der Waals surface area contributed by atoms with Crippen LogP contribution >= 0.6 is 0 Å². The quantitative estimate of drug-likeness (QED) is 0.699. The van der Waals surface area contributed by atoms with Crippen molar-refractivity contribution in [3.05, 3.63) is 47.1 Å². The Morgan fingerprint density at radius 1 is 1.17 bits per heavy atom. The lowest BCUT2D eigenvalue weighted by molar-refractivity contribution is -0.140. The summed E-state index contributed by atoms with van der Waals surface area (Å²) in [4.78, 5) is 21.5. The topological polar surface area (TPSA) is 75.0 Å². The van der Waals surface area contributed by atoms with E-state index >= 15 is 0 Å². The highest BCUT2D eigenvalue weighted by Gasteiger charge is 2.34. The summed E-state index contributed by atoms with van der Waals surface area (Å²) in [5, 5.41) is 3.93. The zero-order valence-corrected chi connectivity index (χ0v) is 15.5. The van der Waals surface area contributed by atoms with Gasteiger partial charge >= 0.3 is 6.18 Å². The first-order valence-corrected chi connectivity index (χ1v) is 9.71. The summed E-state index contributed by atoms with van der Waals surface area (Å²) in [6.45, 7) is 1.10. The van der Waals surface area contributed by atoms with Gasteiger partial charge in [0.25, 0.3) is 5.91 Å². The molecule has 3 aromatic rings. The normalized spacial score (nSPS) is 20.4. The molecule has 1 N–H and O–H groups in total. The van der Waals surface area contributed by atoms with Crippen molar-refractivity contribution in [2.75, 3.05) is 13.1 Å². The van der Waals surface area contributed by atoms with Crippen LogP contribution in [0.5, 0.6) is 0 Å². The molecule has 0 unspecified atom stereocenters. The van der Waals surface area contributed by atoms with Crippen LogP contribution < -0.4 is 0 Å². The minimum Gasteiger partial charge on any atom is -0.360 e. The number of alkyl halides is 3. The number of pyridine rings is 1. The lowest BCUT2D eigenvalue weighted by Crippen LogP contribution is -2.39. The average molecular weight is 404 g/mol. The number of aromatic amines is 1. The van der Waals surface area contributed by atoms with Gasteiger partial charge in [-0.2, -0.15) is 13.2 Å². The predicted molar refractivity (Wildman–Crippen MR) is 97.5 cm³/mol. The largest absolute Gasteiger partial charge is 0.433 e. The van der Waals surface area contributed by atoms with Crippen molar-refractivity contribution in [2.45, 2.75) is 43.7 Å². The lowest BCUT2D eigenvalue weighted by atomic mass is 9.94. The summed E-state index contributed by atoms with van der Waals surface area (Å²) in [6.07, 6.45) is -0.691. The van der Waals surface area contributed by atoms with Crippen molar-refractivity contribution in [3.63, 3.8) is 0 Å². The molecule has 1 atom stereocenters. The van der Waals surface area contributed by atoms with Gasteiger partial charge in [-0.15, -0.1) is 0 Å². The fraction of sp³-hybridized carbons (Fsp3) is 0.450. The number of H-pyrrole nitrogens is 1. The molecule has 0 radical (unpaired) electrons. The van der Waals surface area contributed by atoms with Gasteiger partial charge < -0.3 is 14.4 Å². The lowest BCUT2D eigenvalue weighted by Gasteiger charge is -2.31. The van der Waals surface area contributed by atoms with Gasteiger partial charge in [-0.05, 0) is 43.9 Å². The molecule has 152 valence electrons. The minimum absolute atomic E-state index is 0.00559. The molecule has 1 amide bonds. The fourth-order valence-electron chi connectivity index (χ4n) is 3.94. The molecule has 2 fully saturated rings. The number of amides is 1. The van der Waals surface area contributed by atoms with Crippen LogP contribution in [0.3, 0.4) is 0 Å². The molecule has 1 aliphatic heterocycles. The number of aromatic nitrogens is 3. The Balaban J connectivity index is 1.35. The number of rotatable bonds is 3. The van der Waals surface area contributed by atoms with Gasteiger partial charge in [0.15, 0.2) is 5.69 Å². The van der Waals surface area contributed by atoms with E-state index in [2.05, 4.69) is 15.1 Å². The van der Waals surface area contributed by atoms with Crippen LogP contribution in [0.25, 0.3) is 11.0 Å². The van der Waals surface area contributed by atoms with Crippen molar-refractivity contribution < 1.29 is 22.5 Å². The Kier molecular flexibility index (Phi) is 4.15. The molecule has 6 nitrogen and oxygen atoms in total. The summed E-state index contributed by atoms with van der Waals surface area (Å²) in [6, 6.07) is 5.76. The molecule has 0 bridgehead atoms. The number of halogens is 3. The van der Waals surface area contributed by atoms with Crippen molar-refractivity contribution in [3.8, 4) is 0 Å². The molecule has 0 spiro atoms. The highest BCUT2D eigenvalue weighted by Crippen LogP contribution is 2.40. The van der Waals surface area contributed by atoms with E-state index in [0.717, 1.165) is 43.2 Å². The second-order valence-electron chi connectivity index (χ2n) is 7.83. The molecule has 1 saturated carbocycles. The highest BCUT2D eigenvalue weighted by molar-refractivity contribution is 5.92. The summed E-state index contributed by atoms with van der Waals surface area (Å²) < 4.78 is 44.0. The Labute approximate surface area is 164 Å². The molecular weight excluding hydrogens is 385 g/mol. The zero-order chi connectivity index (χ0) is 20.2. The number of piperidine rings is 1. The van der Waals surface area contributed by atoms with E-state index < -0.39 is 11.9 Å². The van der Waals surface area contributed by atoms with Gasteiger partial charge in [0.05, 0.1) is 11.0 Å². The van der Waals surface area contributed by atoms with Gasteiger partial charge in [0, 0.05) is 36.7 Å². The average Bonchev–Trinajstić information content (AvgIpc) is 3.27. The van der Waals surface area contributed by atoms with E-state index in [1.165, 1.54) is 6.07 Å². The van der Waals surface area contributed by atoms with E-state index in [1.54, 1.807) is 17.0 Å². The summed E-state index contributed by atoms with van der Waals surface area (Å²) in [5.74, 6) is 0.993. The smallest absolute Gasteiger partial charge is 0.360 e. The van der Waals surface area contributed by atoms with E-state index in [-0.39, 0.29) is 17.3 Å². The van der Waals surface area contributed by atoms with E-state index in [9.17, 15) is 18.0 Å². The summed E-state index contributed by atoms with van der Waals surface area (Å²) in [7, 11) is 0. The van der Waals surface area contributed by atoms with Gasteiger partial charge in [-0.1, -0.05) is 5.16 Å². The Morgan fingerprint density at radius 2 is 2.00 bits per heavy atom. The second kappa shape index (κ2) is 6.60. The zero-order valence-electron chi connectivity index (χ0n) is 15.5. The highest BCUT2D eigenvalue weighted by atomic mass is 19.4. The second-order valence-corrected chi connectivity index (χ2v) is 7.83. The number of nitrogens with zero attached hydrogens (tertiary/aromatic N) is 3. The number of likely N-dealkylation sites (tertiary alicyclic amines) is 1. The molecule has 3 aromatic heterocycles. The van der Waals surface area contributed by atoms with Gasteiger partial charge in [0.2, 0.25) is 0 Å². The van der Waals surface area contributed by atoms with E-state index in [0.29, 0.717) is 30.2 Å². The molecule has 4 heterocycles. The van der Waals surface area contributed by atoms with E-state index in [4.69, 9.17) is 4.52 Å². The number of fused-ring (bicyclic) bond motifs is 1. The van der Waals surface area contributed by atoms with Crippen molar-refractivity contribution in [1.29, 1.82) is 0 Å². The third kappa shape index (κ3) is 3.49. The number of hydrogen-bond acceptors (Lipinski definition) is 4. The standard InChI is InChI=1S/C20H19F3N4O2/c21-20(22,23)18-6-5-13-15(25-18)8-14(24-13)12-2-1-7-27(10-12)19(28)16-9-17(29-26-16)11-3-4-11/h5-6,8-9,11-12,24H,1-4,7,10H2/t12-/m0/s1. The Morgan fingerprint density at radius 3 is 2.76 bits per heavy atom. The molecular formula is C20H19F3N4O2. The van der Waals surface area contributed by atoms with Crippen LogP contribution in [0.1, 0.15) is 65.2 Å². The first kappa shape index (κ1) is 18.2. The van der Waals surface area contributed by atoms with Gasteiger partial charge in [0.1, 0.15) is 11.5 Å². The molecule has 0 aromatic carbocycles. The third-order valence-electron chi connectivity index (χ3n) is 5.66. The van der Waals surface area contributed by atoms with Crippen LogP contribution in [-0.4, -0.2) is 39.0 Å². The molecule has 1 aliphatic carbocycles. The molecule has 29 heavy (non-hydrogen) atoms. The van der Waals surface area contributed by atoms with Crippen LogP contribution in [0.15, 0.2) is 28.8 Å². The maximum absolute atomic E-state index is 12.9. The van der Waals surface area contributed by atoms with Gasteiger partial charge in [-0.3, -0.25) is 4.79 Å². The van der Waals surface area contributed by atoms with Crippen LogP contribution in [0.2, 0.25) is 0 Å². The number of nitrogens with one attached hydrogen (secondary N) is 1. The molecule has 2 aliphatic rings. The molecule has 1 saturated heterocycles. The van der Waals surface area contributed by atoms with Crippen LogP contribution in [0.4, 0.5) is 13.2 Å². The summed E-state index contributed by atoms with van der Waals surface area (Å²) >= 11 is 0. The van der Waals surface area contributed by atoms with Gasteiger partial charge in [-0.25, -0.2) is 4.98 Å². The molecule has 5 rings (SSSR count).